The van der Waals surface area contributed by atoms with Crippen LogP contribution in [0, 0.1) is 0 Å². The second kappa shape index (κ2) is 6.46. The second-order valence-electron chi connectivity index (χ2n) is 5.94. The van der Waals surface area contributed by atoms with Gasteiger partial charge in [0.15, 0.2) is 11.5 Å². The van der Waals surface area contributed by atoms with Crippen LogP contribution in [-0.2, 0) is 10.2 Å². The lowest BCUT2D eigenvalue weighted by atomic mass is 9.78. The lowest BCUT2D eigenvalue weighted by Gasteiger charge is -2.29. The third-order valence-corrected chi connectivity index (χ3v) is 4.24. The van der Waals surface area contributed by atoms with E-state index in [0.29, 0.717) is 35.7 Å². The Balaban J connectivity index is 2.66. The number of hydrogen-bond acceptors (Lipinski definition) is 4. The molecular weight excluding hydrogens is 284 g/mol. The number of aliphatic carboxylic acids is 1. The van der Waals surface area contributed by atoms with Gasteiger partial charge in [-0.1, -0.05) is 18.9 Å². The first-order chi connectivity index (χ1) is 10.5. The zero-order chi connectivity index (χ0) is 16.3. The molecule has 22 heavy (non-hydrogen) atoms. The quantitative estimate of drug-likeness (QED) is 0.872. The van der Waals surface area contributed by atoms with E-state index in [4.69, 9.17) is 14.2 Å². The van der Waals surface area contributed by atoms with Crippen molar-refractivity contribution in [2.45, 2.75) is 51.0 Å². The maximum absolute atomic E-state index is 12.0. The van der Waals surface area contributed by atoms with Crippen LogP contribution in [0.1, 0.15) is 45.1 Å². The fourth-order valence-corrected chi connectivity index (χ4v) is 3.21. The predicted octanol–water partition coefficient (Wildman–Crippen LogP) is 3.39. The molecule has 1 aromatic carbocycles. The standard InChI is InChI=1S/C17H24O5/c1-11(2)22-14-12(7-8-13(20-3)15(14)21-4)17(16(18)19)9-5-6-10-17/h7-8,11H,5-6,9-10H2,1-4H3,(H,18,19). The first-order valence-corrected chi connectivity index (χ1v) is 7.61. The van der Waals surface area contributed by atoms with Gasteiger partial charge in [0.05, 0.1) is 25.7 Å². The zero-order valence-electron chi connectivity index (χ0n) is 13.6. The van der Waals surface area contributed by atoms with Gasteiger partial charge in [0.1, 0.15) is 0 Å². The molecular formula is C17H24O5. The van der Waals surface area contributed by atoms with Crippen LogP contribution in [-0.4, -0.2) is 31.4 Å². The summed E-state index contributed by atoms with van der Waals surface area (Å²) >= 11 is 0. The second-order valence-corrected chi connectivity index (χ2v) is 5.94. The molecule has 1 aromatic rings. The van der Waals surface area contributed by atoms with Crippen molar-refractivity contribution in [3.8, 4) is 17.2 Å². The van der Waals surface area contributed by atoms with Gasteiger partial charge in [-0.25, -0.2) is 0 Å². The Morgan fingerprint density at radius 2 is 1.77 bits per heavy atom. The molecule has 0 spiro atoms. The van der Waals surface area contributed by atoms with E-state index in [1.165, 1.54) is 7.11 Å². The lowest BCUT2D eigenvalue weighted by molar-refractivity contribution is -0.143. The smallest absolute Gasteiger partial charge is 0.314 e. The summed E-state index contributed by atoms with van der Waals surface area (Å²) in [5.74, 6) is 0.689. The van der Waals surface area contributed by atoms with Crippen molar-refractivity contribution in [2.75, 3.05) is 14.2 Å². The third-order valence-electron chi connectivity index (χ3n) is 4.24. The molecule has 0 heterocycles. The zero-order valence-corrected chi connectivity index (χ0v) is 13.6. The Hall–Kier alpha value is -1.91. The van der Waals surface area contributed by atoms with Crippen molar-refractivity contribution in [3.05, 3.63) is 17.7 Å². The molecule has 0 aliphatic heterocycles. The van der Waals surface area contributed by atoms with E-state index in [9.17, 15) is 9.90 Å². The molecule has 2 rings (SSSR count). The van der Waals surface area contributed by atoms with Crippen molar-refractivity contribution >= 4 is 5.97 Å². The summed E-state index contributed by atoms with van der Waals surface area (Å²) in [4.78, 5) is 12.0. The van der Waals surface area contributed by atoms with E-state index in [-0.39, 0.29) is 6.10 Å². The molecule has 122 valence electrons. The number of carboxylic acid groups (broad SMARTS) is 1. The van der Waals surface area contributed by atoms with E-state index in [1.54, 1.807) is 19.2 Å². The van der Waals surface area contributed by atoms with E-state index >= 15 is 0 Å². The maximum Gasteiger partial charge on any atom is 0.314 e. The van der Waals surface area contributed by atoms with Gasteiger partial charge in [0, 0.05) is 5.56 Å². The van der Waals surface area contributed by atoms with Crippen LogP contribution in [0.5, 0.6) is 17.2 Å². The summed E-state index contributed by atoms with van der Waals surface area (Å²) in [7, 11) is 3.09. The highest BCUT2D eigenvalue weighted by Crippen LogP contribution is 2.50. The van der Waals surface area contributed by atoms with E-state index < -0.39 is 11.4 Å². The van der Waals surface area contributed by atoms with Gasteiger partial charge in [-0.15, -0.1) is 0 Å². The largest absolute Gasteiger partial charge is 0.493 e. The summed E-state index contributed by atoms with van der Waals surface area (Å²) < 4.78 is 16.7. The highest BCUT2D eigenvalue weighted by Gasteiger charge is 2.46. The summed E-state index contributed by atoms with van der Waals surface area (Å²) in [5, 5.41) is 9.84. The van der Waals surface area contributed by atoms with Gasteiger partial charge in [-0.3, -0.25) is 4.79 Å². The fraction of sp³-hybridized carbons (Fsp3) is 0.588. The molecule has 1 fully saturated rings. The number of carboxylic acids is 1. The van der Waals surface area contributed by atoms with Gasteiger partial charge in [0.25, 0.3) is 0 Å². The Labute approximate surface area is 131 Å². The van der Waals surface area contributed by atoms with Gasteiger partial charge < -0.3 is 19.3 Å². The van der Waals surface area contributed by atoms with E-state index in [1.807, 2.05) is 13.8 Å². The Bertz CT molecular complexity index is 544. The number of carbonyl (C=O) groups is 1. The van der Waals surface area contributed by atoms with Crippen molar-refractivity contribution in [1.82, 2.24) is 0 Å². The first kappa shape index (κ1) is 16.5. The van der Waals surface area contributed by atoms with Gasteiger partial charge in [-0.05, 0) is 32.8 Å². The fourth-order valence-electron chi connectivity index (χ4n) is 3.21. The molecule has 0 radical (unpaired) electrons. The van der Waals surface area contributed by atoms with Crippen LogP contribution in [0.4, 0.5) is 0 Å². The summed E-state index contributed by atoms with van der Waals surface area (Å²) in [6.07, 6.45) is 2.95. The molecule has 1 aliphatic carbocycles. The Morgan fingerprint density at radius 3 is 2.23 bits per heavy atom. The van der Waals surface area contributed by atoms with Crippen LogP contribution in [0.25, 0.3) is 0 Å². The number of hydrogen-bond donors (Lipinski definition) is 1. The Kier molecular flexibility index (Phi) is 4.84. The van der Waals surface area contributed by atoms with Crippen molar-refractivity contribution in [3.63, 3.8) is 0 Å². The number of methoxy groups -OCH3 is 2. The number of ether oxygens (including phenoxy) is 3. The maximum atomic E-state index is 12.0. The minimum absolute atomic E-state index is 0.0907. The van der Waals surface area contributed by atoms with Crippen LogP contribution < -0.4 is 14.2 Å². The molecule has 0 atom stereocenters. The molecule has 0 aromatic heterocycles. The summed E-state index contributed by atoms with van der Waals surface area (Å²) in [6.45, 7) is 3.82. The molecule has 1 N–H and O–H groups in total. The summed E-state index contributed by atoms with van der Waals surface area (Å²) in [5.41, 5.74) is -0.215. The lowest BCUT2D eigenvalue weighted by Crippen LogP contribution is -2.33. The normalized spacial score (nSPS) is 16.6. The topological polar surface area (TPSA) is 65.0 Å². The van der Waals surface area contributed by atoms with Crippen LogP contribution in [0.3, 0.4) is 0 Å². The van der Waals surface area contributed by atoms with E-state index in [2.05, 4.69) is 0 Å². The van der Waals surface area contributed by atoms with Crippen LogP contribution in [0.2, 0.25) is 0 Å². The van der Waals surface area contributed by atoms with Crippen molar-refractivity contribution in [2.24, 2.45) is 0 Å². The minimum Gasteiger partial charge on any atom is -0.493 e. The molecule has 1 aliphatic rings. The predicted molar refractivity (Wildman–Crippen MR) is 83.1 cm³/mol. The minimum atomic E-state index is -0.899. The SMILES string of the molecule is COc1ccc(C2(C(=O)O)CCCC2)c(OC(C)C)c1OC. The van der Waals surface area contributed by atoms with Gasteiger partial charge in [-0.2, -0.15) is 0 Å². The number of benzene rings is 1. The highest BCUT2D eigenvalue weighted by molar-refractivity contribution is 5.84. The summed E-state index contributed by atoms with van der Waals surface area (Å²) in [6, 6.07) is 3.56. The molecule has 1 saturated carbocycles. The first-order valence-electron chi connectivity index (χ1n) is 7.61. The van der Waals surface area contributed by atoms with Crippen LogP contribution in [0.15, 0.2) is 12.1 Å². The number of rotatable bonds is 6. The third kappa shape index (κ3) is 2.72. The molecule has 5 heteroatoms. The van der Waals surface area contributed by atoms with Crippen molar-refractivity contribution in [1.29, 1.82) is 0 Å². The molecule has 5 nitrogen and oxygen atoms in total. The van der Waals surface area contributed by atoms with E-state index in [0.717, 1.165) is 12.8 Å². The van der Waals surface area contributed by atoms with Crippen LogP contribution >= 0.6 is 0 Å². The monoisotopic (exact) mass is 308 g/mol. The molecule has 0 bridgehead atoms. The van der Waals surface area contributed by atoms with Crippen molar-refractivity contribution < 1.29 is 24.1 Å². The molecule has 0 amide bonds. The van der Waals surface area contributed by atoms with Gasteiger partial charge in [0.2, 0.25) is 5.75 Å². The average molecular weight is 308 g/mol. The average Bonchev–Trinajstić information content (AvgIpc) is 2.96. The highest BCUT2D eigenvalue weighted by atomic mass is 16.5. The van der Waals surface area contributed by atoms with Gasteiger partial charge >= 0.3 is 5.97 Å². The molecule has 0 saturated heterocycles. The Morgan fingerprint density at radius 1 is 1.14 bits per heavy atom. The molecule has 0 unspecified atom stereocenters.